The van der Waals surface area contributed by atoms with E-state index in [2.05, 4.69) is 19.2 Å². The number of hydrogen-bond acceptors (Lipinski definition) is 2. The van der Waals surface area contributed by atoms with Crippen LogP contribution in [-0.4, -0.2) is 29.9 Å². The van der Waals surface area contributed by atoms with E-state index < -0.39 is 29.4 Å². The van der Waals surface area contributed by atoms with Crippen LogP contribution in [0, 0.1) is 29.3 Å². The predicted molar refractivity (Wildman–Crippen MR) is 78.9 cm³/mol. The van der Waals surface area contributed by atoms with Crippen molar-refractivity contribution in [2.45, 2.75) is 33.2 Å². The van der Waals surface area contributed by atoms with Gasteiger partial charge in [0.25, 0.3) is 0 Å². The lowest BCUT2D eigenvalue weighted by molar-refractivity contribution is -0.121. The number of likely N-dealkylation sites (tertiary alicyclic amines) is 1. The Kier molecular flexibility index (Phi) is 5.11. The molecule has 0 aliphatic carbocycles. The number of amides is 1. The molecule has 122 valence electrons. The number of benzene rings is 1. The van der Waals surface area contributed by atoms with Gasteiger partial charge in [0.05, 0.1) is 11.7 Å². The molecule has 1 heterocycles. The van der Waals surface area contributed by atoms with Gasteiger partial charge in [-0.2, -0.15) is 0 Å². The maximum absolute atomic E-state index is 13.6. The number of carbonyl (C=O) groups is 1. The Bertz CT molecular complexity index is 555. The highest BCUT2D eigenvalue weighted by atomic mass is 19.2. The van der Waals surface area contributed by atoms with Crippen molar-refractivity contribution in [1.29, 1.82) is 0 Å². The smallest absolute Gasteiger partial charge is 0.241 e. The lowest BCUT2D eigenvalue weighted by Crippen LogP contribution is -2.48. The van der Waals surface area contributed by atoms with Crippen LogP contribution in [-0.2, 0) is 4.79 Å². The largest absolute Gasteiger partial charge is 0.322 e. The van der Waals surface area contributed by atoms with Gasteiger partial charge in [0.2, 0.25) is 5.91 Å². The van der Waals surface area contributed by atoms with E-state index in [1.807, 2.05) is 4.90 Å². The topological polar surface area (TPSA) is 32.3 Å². The minimum atomic E-state index is -1.58. The maximum atomic E-state index is 13.6. The van der Waals surface area contributed by atoms with Gasteiger partial charge in [-0.05, 0) is 37.3 Å². The van der Waals surface area contributed by atoms with Crippen molar-refractivity contribution in [3.63, 3.8) is 0 Å². The summed E-state index contributed by atoms with van der Waals surface area (Å²) >= 11 is 0. The van der Waals surface area contributed by atoms with Gasteiger partial charge in [0.1, 0.15) is 0 Å². The average molecular weight is 314 g/mol. The molecular weight excluding hydrogens is 293 g/mol. The second kappa shape index (κ2) is 6.69. The van der Waals surface area contributed by atoms with Crippen LogP contribution in [0.25, 0.3) is 0 Å². The number of nitrogens with one attached hydrogen (secondary N) is 1. The number of nitrogens with zero attached hydrogens (tertiary/aromatic N) is 1. The van der Waals surface area contributed by atoms with Crippen LogP contribution in [0.3, 0.4) is 0 Å². The molecule has 1 aliphatic rings. The molecule has 0 spiro atoms. The lowest BCUT2D eigenvalue weighted by atomic mass is 9.91. The molecule has 0 radical (unpaired) electrons. The maximum Gasteiger partial charge on any atom is 0.241 e. The monoisotopic (exact) mass is 314 g/mol. The van der Waals surface area contributed by atoms with Crippen LogP contribution >= 0.6 is 0 Å². The zero-order valence-electron chi connectivity index (χ0n) is 13.0. The third-order valence-corrected chi connectivity index (χ3v) is 4.12. The molecule has 1 amide bonds. The van der Waals surface area contributed by atoms with Gasteiger partial charge in [-0.25, -0.2) is 13.2 Å². The third-order valence-electron chi connectivity index (χ3n) is 4.12. The first-order valence-corrected chi connectivity index (χ1v) is 7.48. The normalized spacial score (nSPS) is 24.1. The predicted octanol–water partition coefficient (Wildman–Crippen LogP) is 3.41. The van der Waals surface area contributed by atoms with Crippen LogP contribution < -0.4 is 5.32 Å². The van der Waals surface area contributed by atoms with Crippen LogP contribution in [0.2, 0.25) is 0 Å². The average Bonchev–Trinajstić information content (AvgIpc) is 2.46. The second-order valence-corrected chi connectivity index (χ2v) is 6.29. The van der Waals surface area contributed by atoms with Crippen molar-refractivity contribution >= 4 is 11.6 Å². The van der Waals surface area contributed by atoms with E-state index in [9.17, 15) is 18.0 Å². The highest BCUT2D eigenvalue weighted by molar-refractivity contribution is 5.94. The molecule has 2 rings (SSSR count). The van der Waals surface area contributed by atoms with Crippen LogP contribution in [0.4, 0.5) is 18.9 Å². The zero-order chi connectivity index (χ0) is 16.4. The Hall–Kier alpha value is -1.56. The summed E-state index contributed by atoms with van der Waals surface area (Å²) in [5, 5.41) is 2.34. The van der Waals surface area contributed by atoms with Gasteiger partial charge in [0.15, 0.2) is 17.5 Å². The van der Waals surface area contributed by atoms with E-state index in [0.29, 0.717) is 11.8 Å². The minimum absolute atomic E-state index is 0.339. The molecule has 3 atom stereocenters. The molecule has 1 aromatic rings. The Balaban J connectivity index is 2.07. The first kappa shape index (κ1) is 16.8. The van der Waals surface area contributed by atoms with Crippen molar-refractivity contribution in [3.8, 4) is 0 Å². The summed E-state index contributed by atoms with van der Waals surface area (Å²) in [7, 11) is 0. The Morgan fingerprint density at radius 3 is 2.36 bits per heavy atom. The molecule has 3 nitrogen and oxygen atoms in total. The van der Waals surface area contributed by atoms with E-state index >= 15 is 0 Å². The summed E-state index contributed by atoms with van der Waals surface area (Å²) in [6.07, 6.45) is 1.11. The summed E-state index contributed by atoms with van der Waals surface area (Å²) in [6, 6.07) is 1.36. The van der Waals surface area contributed by atoms with E-state index in [-0.39, 0.29) is 5.69 Å². The van der Waals surface area contributed by atoms with E-state index in [4.69, 9.17) is 0 Å². The van der Waals surface area contributed by atoms with Gasteiger partial charge in [-0.1, -0.05) is 13.8 Å². The Labute approximate surface area is 128 Å². The van der Waals surface area contributed by atoms with Crippen molar-refractivity contribution in [2.24, 2.45) is 11.8 Å². The molecule has 0 aromatic heterocycles. The van der Waals surface area contributed by atoms with E-state index in [1.165, 1.54) is 0 Å². The summed E-state index contributed by atoms with van der Waals surface area (Å²) in [6.45, 7) is 7.57. The molecule has 1 fully saturated rings. The molecule has 1 aromatic carbocycles. The molecule has 1 saturated heterocycles. The molecule has 6 heteroatoms. The second-order valence-electron chi connectivity index (χ2n) is 6.29. The summed E-state index contributed by atoms with van der Waals surface area (Å²) in [5.41, 5.74) is -0.339. The summed E-state index contributed by atoms with van der Waals surface area (Å²) in [4.78, 5) is 14.3. The van der Waals surface area contributed by atoms with Gasteiger partial charge in [-0.3, -0.25) is 9.69 Å². The first-order chi connectivity index (χ1) is 10.3. The molecule has 0 unspecified atom stereocenters. The molecule has 0 bridgehead atoms. The molecule has 22 heavy (non-hydrogen) atoms. The lowest BCUT2D eigenvalue weighted by Gasteiger charge is -2.38. The van der Waals surface area contributed by atoms with Crippen LogP contribution in [0.5, 0.6) is 0 Å². The Morgan fingerprint density at radius 1 is 1.18 bits per heavy atom. The SMILES string of the molecule is C[C@H]1C[C@H](C)CN([C@@H](C)C(=O)Nc2ccc(F)c(F)c2F)C1. The van der Waals surface area contributed by atoms with Crippen LogP contribution in [0.1, 0.15) is 27.2 Å². The zero-order valence-corrected chi connectivity index (χ0v) is 13.0. The van der Waals surface area contributed by atoms with Gasteiger partial charge in [0, 0.05) is 13.1 Å². The van der Waals surface area contributed by atoms with Gasteiger partial charge >= 0.3 is 0 Å². The highest BCUT2D eigenvalue weighted by Gasteiger charge is 2.29. The fourth-order valence-corrected chi connectivity index (χ4v) is 3.05. The molecule has 0 saturated carbocycles. The molecule has 1 N–H and O–H groups in total. The number of halogens is 3. The fourth-order valence-electron chi connectivity index (χ4n) is 3.05. The minimum Gasteiger partial charge on any atom is -0.322 e. The number of hydrogen-bond donors (Lipinski definition) is 1. The summed E-state index contributed by atoms with van der Waals surface area (Å²) < 4.78 is 39.7. The quantitative estimate of drug-likeness (QED) is 0.867. The number of anilines is 1. The third kappa shape index (κ3) is 3.61. The van der Waals surface area contributed by atoms with Crippen molar-refractivity contribution in [3.05, 3.63) is 29.6 Å². The standard InChI is InChI=1S/C16H21F3N2O/c1-9-6-10(2)8-21(7-9)11(3)16(22)20-13-5-4-12(17)14(18)15(13)19/h4-5,9-11H,6-8H2,1-3H3,(H,20,22)/t9-,10-,11-/m0/s1. The number of carbonyl (C=O) groups excluding carboxylic acids is 1. The molecular formula is C16H21F3N2O. The first-order valence-electron chi connectivity index (χ1n) is 7.48. The fraction of sp³-hybridized carbons (Fsp3) is 0.562. The van der Waals surface area contributed by atoms with Crippen molar-refractivity contribution < 1.29 is 18.0 Å². The summed E-state index contributed by atoms with van der Waals surface area (Å²) in [5.74, 6) is -3.68. The van der Waals surface area contributed by atoms with Gasteiger partial charge < -0.3 is 5.32 Å². The Morgan fingerprint density at radius 2 is 1.77 bits per heavy atom. The number of rotatable bonds is 3. The van der Waals surface area contributed by atoms with E-state index in [0.717, 1.165) is 31.6 Å². The number of piperidine rings is 1. The highest BCUT2D eigenvalue weighted by Crippen LogP contribution is 2.24. The van der Waals surface area contributed by atoms with E-state index in [1.54, 1.807) is 6.92 Å². The van der Waals surface area contributed by atoms with Crippen molar-refractivity contribution in [2.75, 3.05) is 18.4 Å². The van der Waals surface area contributed by atoms with Crippen molar-refractivity contribution in [1.82, 2.24) is 4.90 Å². The van der Waals surface area contributed by atoms with Gasteiger partial charge in [-0.15, -0.1) is 0 Å². The van der Waals surface area contributed by atoms with Crippen LogP contribution in [0.15, 0.2) is 12.1 Å². The molecule has 1 aliphatic heterocycles.